The monoisotopic (exact) mass is 693 g/mol. The van der Waals surface area contributed by atoms with Gasteiger partial charge in [0.1, 0.15) is 23.2 Å². The highest BCUT2D eigenvalue weighted by atomic mass is 32.2. The summed E-state index contributed by atoms with van der Waals surface area (Å²) in [7, 11) is -3.86. The van der Waals surface area contributed by atoms with Gasteiger partial charge in [0.05, 0.1) is 5.25 Å². The van der Waals surface area contributed by atoms with Crippen LogP contribution in [-0.4, -0.2) is 85.2 Å². The van der Waals surface area contributed by atoms with Crippen LogP contribution < -0.4 is 20.3 Å². The molecule has 1 unspecified atom stereocenters. The summed E-state index contributed by atoms with van der Waals surface area (Å²) in [6.07, 6.45) is 7.76. The summed E-state index contributed by atoms with van der Waals surface area (Å²) in [6, 6.07) is 11.9. The molecule has 3 fully saturated rings. The fourth-order valence-corrected chi connectivity index (χ4v) is 8.26. The number of fused-ring (bicyclic) bond motifs is 3. The maximum Gasteiger partial charge on any atom is 0.408 e. The molecule has 0 radical (unpaired) electrons. The van der Waals surface area contributed by atoms with E-state index in [-0.39, 0.29) is 25.4 Å². The fourth-order valence-electron chi connectivity index (χ4n) is 6.90. The van der Waals surface area contributed by atoms with Crippen LogP contribution in [0.4, 0.5) is 10.5 Å². The molecule has 2 saturated carbocycles. The molecule has 6 rings (SSSR count). The number of rotatable bonds is 5. The Morgan fingerprint density at radius 3 is 2.49 bits per heavy atom. The number of hydrogen-bond acceptors (Lipinski definition) is 8. The van der Waals surface area contributed by atoms with E-state index in [1.54, 1.807) is 20.8 Å². The molecule has 0 aromatic heterocycles. The van der Waals surface area contributed by atoms with Crippen LogP contribution in [0.1, 0.15) is 72.1 Å². The molecular formula is C36H47N5O7S. The second-order valence-corrected chi connectivity index (χ2v) is 16.7. The first-order valence-electron chi connectivity index (χ1n) is 17.3. The quantitative estimate of drug-likeness (QED) is 0.401. The predicted molar refractivity (Wildman–Crippen MR) is 186 cm³/mol. The number of piperazine rings is 1. The number of nitrogens with zero attached hydrogens (tertiary/aromatic N) is 2. The second-order valence-electron chi connectivity index (χ2n) is 14.7. The number of ether oxygens (including phenoxy) is 1. The summed E-state index contributed by atoms with van der Waals surface area (Å²) in [4.78, 5) is 59.0. The number of alkyl carbamates (subject to hydrolysis) is 1. The molecule has 0 bridgehead atoms. The van der Waals surface area contributed by atoms with Gasteiger partial charge in [-0.25, -0.2) is 13.2 Å². The van der Waals surface area contributed by atoms with Gasteiger partial charge < -0.3 is 25.2 Å². The third kappa shape index (κ3) is 7.87. The molecule has 4 aliphatic rings. The van der Waals surface area contributed by atoms with E-state index in [1.807, 2.05) is 54.6 Å². The van der Waals surface area contributed by atoms with Gasteiger partial charge in [-0.2, -0.15) is 0 Å². The molecule has 4 atom stereocenters. The largest absolute Gasteiger partial charge is 0.444 e. The zero-order chi connectivity index (χ0) is 35.0. The van der Waals surface area contributed by atoms with Crippen molar-refractivity contribution in [1.82, 2.24) is 20.3 Å². The lowest BCUT2D eigenvalue weighted by Gasteiger charge is -2.43. The van der Waals surface area contributed by atoms with E-state index in [2.05, 4.69) is 20.3 Å². The number of allylic oxidation sites excluding steroid dienone is 1. The summed E-state index contributed by atoms with van der Waals surface area (Å²) in [6.45, 7) is 5.99. The van der Waals surface area contributed by atoms with Crippen molar-refractivity contribution in [1.29, 1.82) is 0 Å². The van der Waals surface area contributed by atoms with Crippen LogP contribution in [0.5, 0.6) is 0 Å². The number of benzene rings is 2. The lowest BCUT2D eigenvalue weighted by atomic mass is 10.0. The Bertz CT molecular complexity index is 1750. The molecule has 49 heavy (non-hydrogen) atoms. The molecule has 0 spiro atoms. The molecule has 1 saturated heterocycles. The molecule has 2 aliphatic carbocycles. The Kier molecular flexibility index (Phi) is 9.67. The summed E-state index contributed by atoms with van der Waals surface area (Å²) in [5.41, 5.74) is -1.32. The number of amides is 4. The van der Waals surface area contributed by atoms with E-state index in [4.69, 9.17) is 4.74 Å². The third-order valence-electron chi connectivity index (χ3n) is 9.76. The van der Waals surface area contributed by atoms with Crippen molar-refractivity contribution in [3.8, 4) is 0 Å². The minimum Gasteiger partial charge on any atom is -0.444 e. The van der Waals surface area contributed by atoms with Gasteiger partial charge in [-0.3, -0.25) is 19.1 Å². The predicted octanol–water partition coefficient (Wildman–Crippen LogP) is 3.75. The molecule has 2 aliphatic heterocycles. The van der Waals surface area contributed by atoms with Crippen molar-refractivity contribution in [2.75, 3.05) is 24.5 Å². The van der Waals surface area contributed by atoms with E-state index in [1.165, 1.54) is 4.90 Å². The van der Waals surface area contributed by atoms with Crippen LogP contribution >= 0.6 is 0 Å². The third-order valence-corrected chi connectivity index (χ3v) is 11.6. The average molecular weight is 694 g/mol. The topological polar surface area (TPSA) is 154 Å². The standard InChI is InChI=1S/C36H47N5O7S/c1-35(2,3)48-34(45)37-28-16-8-6-4-5-7-14-25-22-36(25,33(44)39-49(46,47)26-18-19-26)38-31(42)30-23-40(20-21-41(30)32(28)43)29-17-11-13-24-12-9-10-15-27(24)29/h7,9-15,17,25-26,28,30H,4-6,8,16,18-23H2,1-3H3,(H,37,45)(H,38,42)(H,39,44)/b14-7+/t25?,28-,30-,36-/m0/s1. The van der Waals surface area contributed by atoms with Gasteiger partial charge in [-0.15, -0.1) is 0 Å². The van der Waals surface area contributed by atoms with Gasteiger partial charge in [-0.05, 0) is 70.7 Å². The van der Waals surface area contributed by atoms with Crippen LogP contribution in [0.25, 0.3) is 10.8 Å². The number of hydrogen-bond donors (Lipinski definition) is 3. The number of anilines is 1. The van der Waals surface area contributed by atoms with Gasteiger partial charge >= 0.3 is 6.09 Å². The Hall–Kier alpha value is -4.13. The average Bonchev–Trinajstić information content (AvgIpc) is 3.98. The van der Waals surface area contributed by atoms with Gasteiger partial charge in [-0.1, -0.05) is 61.4 Å². The zero-order valence-corrected chi connectivity index (χ0v) is 29.3. The summed E-state index contributed by atoms with van der Waals surface area (Å²) in [5, 5.41) is 7.14. The van der Waals surface area contributed by atoms with Crippen LogP contribution in [0.3, 0.4) is 0 Å². The smallest absolute Gasteiger partial charge is 0.408 e. The van der Waals surface area contributed by atoms with Gasteiger partial charge in [0.2, 0.25) is 21.8 Å². The van der Waals surface area contributed by atoms with Crippen molar-refractivity contribution in [2.45, 2.75) is 101 Å². The normalized spacial score (nSPS) is 27.4. The number of sulfonamides is 1. The molecular weight excluding hydrogens is 646 g/mol. The molecule has 13 heteroatoms. The Morgan fingerprint density at radius 1 is 0.980 bits per heavy atom. The minimum atomic E-state index is -3.86. The van der Waals surface area contributed by atoms with Crippen molar-refractivity contribution < 1.29 is 32.3 Å². The first-order valence-corrected chi connectivity index (χ1v) is 18.9. The van der Waals surface area contributed by atoms with E-state index < -0.39 is 62.3 Å². The van der Waals surface area contributed by atoms with Crippen molar-refractivity contribution in [3.05, 3.63) is 54.6 Å². The first kappa shape index (κ1) is 34.7. The fraction of sp³-hybridized carbons (Fsp3) is 0.556. The number of carbonyl (C=O) groups excluding carboxylic acids is 4. The van der Waals surface area contributed by atoms with E-state index in [9.17, 15) is 27.6 Å². The molecule has 264 valence electrons. The zero-order valence-electron chi connectivity index (χ0n) is 28.4. The van der Waals surface area contributed by atoms with E-state index >= 15 is 0 Å². The van der Waals surface area contributed by atoms with Crippen LogP contribution in [0, 0.1) is 5.92 Å². The van der Waals surface area contributed by atoms with Gasteiger partial charge in [0, 0.05) is 36.6 Å². The Labute approximate surface area is 288 Å². The molecule has 2 aromatic carbocycles. The number of carbonyl (C=O) groups is 4. The highest BCUT2D eigenvalue weighted by Gasteiger charge is 2.62. The minimum absolute atomic E-state index is 0.128. The lowest BCUT2D eigenvalue weighted by Crippen LogP contribution is -2.66. The van der Waals surface area contributed by atoms with Gasteiger partial charge in [0.15, 0.2) is 0 Å². The van der Waals surface area contributed by atoms with Gasteiger partial charge in [0.25, 0.3) is 5.91 Å². The summed E-state index contributed by atoms with van der Waals surface area (Å²) in [5.74, 6) is -2.10. The van der Waals surface area contributed by atoms with Crippen molar-refractivity contribution in [3.63, 3.8) is 0 Å². The summed E-state index contributed by atoms with van der Waals surface area (Å²) < 4.78 is 33.4. The molecule has 3 N–H and O–H groups in total. The van der Waals surface area contributed by atoms with Crippen LogP contribution in [-0.2, 0) is 29.1 Å². The van der Waals surface area contributed by atoms with E-state index in [0.29, 0.717) is 32.2 Å². The molecule has 2 heterocycles. The Balaban J connectivity index is 1.33. The SMILES string of the molecule is CC(C)(C)OC(=O)N[C@H]1CCCCC/C=C/C2C[C@]2(C(=O)NS(=O)(=O)C2CC2)NC(=O)[C@@H]2CN(c3cccc4ccccc34)CCN2C1=O. The number of nitrogens with one attached hydrogen (secondary N) is 3. The lowest BCUT2D eigenvalue weighted by molar-refractivity contribution is -0.143. The first-order chi connectivity index (χ1) is 23.3. The van der Waals surface area contributed by atoms with Crippen LogP contribution in [0.15, 0.2) is 54.6 Å². The Morgan fingerprint density at radius 2 is 1.73 bits per heavy atom. The van der Waals surface area contributed by atoms with Crippen molar-refractivity contribution >= 4 is 50.3 Å². The van der Waals surface area contributed by atoms with Crippen molar-refractivity contribution in [2.24, 2.45) is 5.92 Å². The molecule has 4 amide bonds. The van der Waals surface area contributed by atoms with E-state index in [0.717, 1.165) is 35.7 Å². The maximum atomic E-state index is 14.5. The molecule has 12 nitrogen and oxygen atoms in total. The molecule has 2 aromatic rings. The maximum absolute atomic E-state index is 14.5. The summed E-state index contributed by atoms with van der Waals surface area (Å²) >= 11 is 0. The highest BCUT2D eigenvalue weighted by molar-refractivity contribution is 7.91. The highest BCUT2D eigenvalue weighted by Crippen LogP contribution is 2.46. The second kappa shape index (κ2) is 13.6. The van der Waals surface area contributed by atoms with Crippen LogP contribution in [0.2, 0.25) is 0 Å².